The number of hydrogen-bond donors (Lipinski definition) is 1. The van der Waals surface area contributed by atoms with Crippen molar-refractivity contribution in [2.75, 3.05) is 0 Å². The van der Waals surface area contributed by atoms with Gasteiger partial charge in [0.15, 0.2) is 5.75 Å². The molecular formula is C11H12F3NO3. The monoisotopic (exact) mass is 263 g/mol. The lowest BCUT2D eigenvalue weighted by atomic mass is 10.0. The number of hydrogen-bond acceptors (Lipinski definition) is 3. The minimum absolute atomic E-state index is 0.0432. The predicted molar refractivity (Wildman–Crippen MR) is 58.4 cm³/mol. The zero-order valence-electron chi connectivity index (χ0n) is 9.62. The van der Waals surface area contributed by atoms with Crippen molar-refractivity contribution in [1.29, 1.82) is 0 Å². The van der Waals surface area contributed by atoms with Gasteiger partial charge in [0.1, 0.15) is 0 Å². The molecular weight excluding hydrogens is 251 g/mol. The van der Waals surface area contributed by atoms with E-state index in [-0.39, 0.29) is 12.0 Å². The highest BCUT2D eigenvalue weighted by Gasteiger charge is 2.34. The Balaban J connectivity index is 3.32. The SMILES string of the molecule is CCCCc1cc(C(F)(F)F)cc([N+](=O)[O-])c1O. The molecule has 0 radical (unpaired) electrons. The number of phenols is 1. The normalized spacial score (nSPS) is 11.6. The van der Waals surface area contributed by atoms with Gasteiger partial charge in [-0.1, -0.05) is 13.3 Å². The maximum atomic E-state index is 12.6. The second kappa shape index (κ2) is 5.24. The summed E-state index contributed by atoms with van der Waals surface area (Å²) in [6.45, 7) is 1.83. The topological polar surface area (TPSA) is 63.4 Å². The molecule has 0 aliphatic rings. The van der Waals surface area contributed by atoms with Crippen LogP contribution in [-0.2, 0) is 12.6 Å². The molecule has 0 aromatic heterocycles. The van der Waals surface area contributed by atoms with Gasteiger partial charge in [-0.2, -0.15) is 13.2 Å². The molecule has 0 fully saturated rings. The van der Waals surface area contributed by atoms with Crippen LogP contribution in [-0.4, -0.2) is 10.0 Å². The van der Waals surface area contributed by atoms with Crippen molar-refractivity contribution in [3.8, 4) is 5.75 Å². The van der Waals surface area contributed by atoms with Gasteiger partial charge < -0.3 is 5.11 Å². The van der Waals surface area contributed by atoms with Crippen molar-refractivity contribution < 1.29 is 23.2 Å². The number of nitro benzene ring substituents is 1. The van der Waals surface area contributed by atoms with Crippen molar-refractivity contribution in [3.63, 3.8) is 0 Å². The van der Waals surface area contributed by atoms with Gasteiger partial charge in [0.25, 0.3) is 0 Å². The summed E-state index contributed by atoms with van der Waals surface area (Å²) < 4.78 is 37.7. The Labute approximate surface area is 101 Å². The van der Waals surface area contributed by atoms with Crippen LogP contribution in [0.5, 0.6) is 5.75 Å². The van der Waals surface area contributed by atoms with E-state index >= 15 is 0 Å². The summed E-state index contributed by atoms with van der Waals surface area (Å²) in [6, 6.07) is 1.11. The van der Waals surface area contributed by atoms with Crippen molar-refractivity contribution in [2.24, 2.45) is 0 Å². The third-order valence-electron chi connectivity index (χ3n) is 2.49. The molecule has 1 rings (SSSR count). The molecule has 4 nitrogen and oxygen atoms in total. The highest BCUT2D eigenvalue weighted by Crippen LogP contribution is 2.38. The van der Waals surface area contributed by atoms with E-state index in [9.17, 15) is 28.4 Å². The smallest absolute Gasteiger partial charge is 0.416 e. The Morgan fingerprint density at radius 2 is 2.00 bits per heavy atom. The van der Waals surface area contributed by atoms with E-state index < -0.39 is 28.1 Å². The second-order valence-electron chi connectivity index (χ2n) is 3.86. The largest absolute Gasteiger partial charge is 0.502 e. The lowest BCUT2D eigenvalue weighted by molar-refractivity contribution is -0.386. The molecule has 100 valence electrons. The number of alkyl halides is 3. The number of benzene rings is 1. The zero-order chi connectivity index (χ0) is 13.9. The molecule has 0 amide bonds. The number of nitro groups is 1. The fourth-order valence-corrected chi connectivity index (χ4v) is 1.54. The lowest BCUT2D eigenvalue weighted by Crippen LogP contribution is -2.07. The van der Waals surface area contributed by atoms with E-state index in [2.05, 4.69) is 0 Å². The van der Waals surface area contributed by atoms with Crippen LogP contribution in [0.25, 0.3) is 0 Å². The first kappa shape index (κ1) is 14.3. The molecule has 0 atom stereocenters. The molecule has 1 aromatic carbocycles. The zero-order valence-corrected chi connectivity index (χ0v) is 9.62. The van der Waals surface area contributed by atoms with E-state index in [0.717, 1.165) is 6.07 Å². The van der Waals surface area contributed by atoms with E-state index in [4.69, 9.17) is 0 Å². The Kier molecular flexibility index (Phi) is 4.15. The number of halogens is 3. The van der Waals surface area contributed by atoms with E-state index in [1.54, 1.807) is 0 Å². The number of aryl methyl sites for hydroxylation is 1. The molecule has 0 aliphatic carbocycles. The third kappa shape index (κ3) is 3.12. The average molecular weight is 263 g/mol. The molecule has 1 N–H and O–H groups in total. The molecule has 1 aromatic rings. The van der Waals surface area contributed by atoms with Crippen molar-refractivity contribution in [1.82, 2.24) is 0 Å². The molecule has 0 unspecified atom stereocenters. The van der Waals surface area contributed by atoms with Crippen LogP contribution >= 0.6 is 0 Å². The van der Waals surface area contributed by atoms with Crippen molar-refractivity contribution >= 4 is 5.69 Å². The van der Waals surface area contributed by atoms with Gasteiger partial charge in [0, 0.05) is 11.6 Å². The summed E-state index contributed by atoms with van der Waals surface area (Å²) in [6.07, 6.45) is -3.23. The minimum atomic E-state index is -4.67. The van der Waals surface area contributed by atoms with Gasteiger partial charge in [0.05, 0.1) is 10.5 Å². The van der Waals surface area contributed by atoms with Crippen LogP contribution in [0.4, 0.5) is 18.9 Å². The second-order valence-corrected chi connectivity index (χ2v) is 3.86. The highest BCUT2D eigenvalue weighted by molar-refractivity contribution is 5.54. The van der Waals surface area contributed by atoms with Crippen LogP contribution in [0.15, 0.2) is 12.1 Å². The molecule has 0 saturated carbocycles. The van der Waals surface area contributed by atoms with Gasteiger partial charge in [-0.3, -0.25) is 10.1 Å². The summed E-state index contributed by atoms with van der Waals surface area (Å²) in [4.78, 5) is 9.59. The van der Waals surface area contributed by atoms with Gasteiger partial charge >= 0.3 is 11.9 Å². The number of phenolic OH excluding ortho intramolecular Hbond substituents is 1. The summed E-state index contributed by atoms with van der Waals surface area (Å²) in [5, 5.41) is 20.2. The van der Waals surface area contributed by atoms with Crippen LogP contribution < -0.4 is 0 Å². The Morgan fingerprint density at radius 1 is 1.39 bits per heavy atom. The Morgan fingerprint density at radius 3 is 2.44 bits per heavy atom. The fourth-order valence-electron chi connectivity index (χ4n) is 1.54. The van der Waals surface area contributed by atoms with E-state index in [0.29, 0.717) is 18.9 Å². The molecule has 7 heteroatoms. The molecule has 0 aliphatic heterocycles. The first-order chi connectivity index (χ1) is 8.27. The maximum Gasteiger partial charge on any atom is 0.416 e. The molecule has 0 heterocycles. The number of rotatable bonds is 4. The first-order valence-corrected chi connectivity index (χ1v) is 5.34. The van der Waals surface area contributed by atoms with Crippen molar-refractivity contribution in [3.05, 3.63) is 33.4 Å². The molecule has 18 heavy (non-hydrogen) atoms. The fraction of sp³-hybridized carbons (Fsp3) is 0.455. The summed E-state index contributed by atoms with van der Waals surface area (Å²) >= 11 is 0. The minimum Gasteiger partial charge on any atom is -0.502 e. The Bertz CT molecular complexity index is 458. The third-order valence-corrected chi connectivity index (χ3v) is 2.49. The van der Waals surface area contributed by atoms with Crippen LogP contribution in [0.2, 0.25) is 0 Å². The molecule has 0 spiro atoms. The highest BCUT2D eigenvalue weighted by atomic mass is 19.4. The molecule has 0 bridgehead atoms. The van der Waals surface area contributed by atoms with Gasteiger partial charge in [0.2, 0.25) is 0 Å². The first-order valence-electron chi connectivity index (χ1n) is 5.34. The van der Waals surface area contributed by atoms with Crippen LogP contribution in [0, 0.1) is 10.1 Å². The average Bonchev–Trinajstić information content (AvgIpc) is 2.25. The summed E-state index contributed by atoms with van der Waals surface area (Å²) in [5.74, 6) is -0.679. The quantitative estimate of drug-likeness (QED) is 0.666. The summed E-state index contributed by atoms with van der Waals surface area (Å²) in [5.41, 5.74) is -2.06. The summed E-state index contributed by atoms with van der Waals surface area (Å²) in [7, 11) is 0. The van der Waals surface area contributed by atoms with E-state index in [1.165, 1.54) is 0 Å². The van der Waals surface area contributed by atoms with Gasteiger partial charge in [-0.25, -0.2) is 0 Å². The number of aromatic hydroxyl groups is 1. The maximum absolute atomic E-state index is 12.6. The lowest BCUT2D eigenvalue weighted by Gasteiger charge is -2.10. The van der Waals surface area contributed by atoms with Gasteiger partial charge in [-0.15, -0.1) is 0 Å². The van der Waals surface area contributed by atoms with Crippen molar-refractivity contribution in [2.45, 2.75) is 32.4 Å². The standard InChI is InChI=1S/C11H12F3NO3/c1-2-3-4-7-5-8(11(12,13)14)6-9(10(7)16)15(17)18/h5-6,16H,2-4H2,1H3. The van der Waals surface area contributed by atoms with Gasteiger partial charge in [-0.05, 0) is 18.9 Å². The van der Waals surface area contributed by atoms with Crippen LogP contribution in [0.1, 0.15) is 30.9 Å². The van der Waals surface area contributed by atoms with E-state index in [1.807, 2.05) is 6.92 Å². The molecule has 0 saturated heterocycles. The predicted octanol–water partition coefficient (Wildman–Crippen LogP) is 3.66. The van der Waals surface area contributed by atoms with Crippen LogP contribution in [0.3, 0.4) is 0 Å². The Hall–Kier alpha value is -1.79. The number of nitrogens with zero attached hydrogens (tertiary/aromatic N) is 1. The number of unbranched alkanes of at least 4 members (excludes halogenated alkanes) is 1.